The molecular weight excluding hydrogens is 356 g/mol. The van der Waals surface area contributed by atoms with Crippen LogP contribution in [0, 0.1) is 11.3 Å². The van der Waals surface area contributed by atoms with Gasteiger partial charge in [0.05, 0.1) is 0 Å². The molecule has 3 aromatic carbocycles. The molecule has 1 saturated carbocycles. The Morgan fingerprint density at radius 2 is 1.66 bits per heavy atom. The quantitative estimate of drug-likeness (QED) is 0.688. The van der Waals surface area contributed by atoms with Gasteiger partial charge in [-0.2, -0.15) is 0 Å². The number of piperidine rings is 1. The summed E-state index contributed by atoms with van der Waals surface area (Å²) >= 11 is 0. The van der Waals surface area contributed by atoms with E-state index in [1.165, 1.54) is 21.9 Å². The number of nitrogens with zero attached hydrogens (tertiary/aromatic N) is 1. The fraction of sp³-hybridized carbons (Fsp3) is 0.346. The molecule has 0 radical (unpaired) electrons. The molecule has 1 saturated heterocycles. The maximum Gasteiger partial charge on any atom is 0.223 e. The highest BCUT2D eigenvalue weighted by molar-refractivity contribution is 5.85. The summed E-state index contributed by atoms with van der Waals surface area (Å²) in [6.07, 6.45) is 3.35. The lowest BCUT2D eigenvalue weighted by Crippen LogP contribution is -2.36. The minimum atomic E-state index is 0.214. The smallest absolute Gasteiger partial charge is 0.223 e. The Balaban J connectivity index is 1.15. The molecule has 1 N–H and O–H groups in total. The molecule has 1 heterocycles. The Labute approximate surface area is 172 Å². The number of hydrogen-bond acceptors (Lipinski definition) is 2. The van der Waals surface area contributed by atoms with E-state index < -0.39 is 0 Å². The van der Waals surface area contributed by atoms with Crippen molar-refractivity contribution >= 4 is 16.7 Å². The van der Waals surface area contributed by atoms with Gasteiger partial charge in [-0.3, -0.25) is 9.69 Å². The number of nitrogens with one attached hydrogen (secondary N) is 1. The van der Waals surface area contributed by atoms with Crippen molar-refractivity contribution in [1.29, 1.82) is 0 Å². The van der Waals surface area contributed by atoms with E-state index in [-0.39, 0.29) is 17.2 Å². The maximum atomic E-state index is 12.6. The minimum absolute atomic E-state index is 0.214. The average Bonchev–Trinajstić information content (AvgIpc) is 3.48. The third kappa shape index (κ3) is 3.79. The molecule has 1 aliphatic heterocycles. The Bertz CT molecular complexity index is 1000. The molecule has 1 atom stereocenters. The lowest BCUT2D eigenvalue weighted by molar-refractivity contribution is -0.123. The Kier molecular flexibility index (Phi) is 4.84. The van der Waals surface area contributed by atoms with Gasteiger partial charge in [-0.1, -0.05) is 72.8 Å². The van der Waals surface area contributed by atoms with Gasteiger partial charge in [-0.25, -0.2) is 0 Å². The van der Waals surface area contributed by atoms with E-state index in [0.29, 0.717) is 6.54 Å². The number of hydrogen-bond donors (Lipinski definition) is 1. The van der Waals surface area contributed by atoms with E-state index in [4.69, 9.17) is 0 Å². The summed E-state index contributed by atoms with van der Waals surface area (Å²) in [5.74, 6) is 0.460. The summed E-state index contributed by atoms with van der Waals surface area (Å²) in [4.78, 5) is 15.2. The normalized spacial score (nSPS) is 20.6. The lowest BCUT2D eigenvalue weighted by Gasteiger charge is -2.33. The van der Waals surface area contributed by atoms with Crippen molar-refractivity contribution in [3.63, 3.8) is 0 Å². The van der Waals surface area contributed by atoms with E-state index in [1.807, 2.05) is 18.2 Å². The van der Waals surface area contributed by atoms with Crippen molar-refractivity contribution in [3.8, 4) is 0 Å². The van der Waals surface area contributed by atoms with Crippen molar-refractivity contribution in [3.05, 3.63) is 83.9 Å². The molecule has 1 aliphatic carbocycles. The van der Waals surface area contributed by atoms with E-state index >= 15 is 0 Å². The van der Waals surface area contributed by atoms with Crippen LogP contribution in [-0.2, 0) is 17.9 Å². The molecule has 2 fully saturated rings. The predicted octanol–water partition coefficient (Wildman–Crippen LogP) is 4.76. The molecule has 1 amide bonds. The predicted molar refractivity (Wildman–Crippen MR) is 117 cm³/mol. The number of likely N-dealkylation sites (tertiary alicyclic amines) is 1. The van der Waals surface area contributed by atoms with E-state index in [1.54, 1.807) is 0 Å². The zero-order valence-corrected chi connectivity index (χ0v) is 16.8. The van der Waals surface area contributed by atoms with Gasteiger partial charge in [0.2, 0.25) is 5.91 Å². The first-order valence-corrected chi connectivity index (χ1v) is 10.7. The summed E-state index contributed by atoms with van der Waals surface area (Å²) in [5, 5.41) is 5.83. The van der Waals surface area contributed by atoms with Crippen LogP contribution >= 0.6 is 0 Å². The number of fused-ring (bicyclic) bond motifs is 1. The first-order chi connectivity index (χ1) is 14.2. The van der Waals surface area contributed by atoms with Crippen LogP contribution in [0.4, 0.5) is 0 Å². The van der Waals surface area contributed by atoms with Crippen molar-refractivity contribution in [2.45, 2.75) is 32.4 Å². The summed E-state index contributed by atoms with van der Waals surface area (Å²) in [7, 11) is 0. The first-order valence-electron chi connectivity index (χ1n) is 10.7. The molecule has 0 bridgehead atoms. The number of carbonyl (C=O) groups is 1. The Morgan fingerprint density at radius 3 is 2.48 bits per heavy atom. The minimum Gasteiger partial charge on any atom is -0.352 e. The number of amides is 1. The summed E-state index contributed by atoms with van der Waals surface area (Å²) in [6.45, 7) is 3.82. The first kappa shape index (κ1) is 18.4. The second kappa shape index (κ2) is 7.64. The molecule has 0 unspecified atom stereocenters. The number of rotatable bonds is 5. The van der Waals surface area contributed by atoms with E-state index in [9.17, 15) is 4.79 Å². The standard InChI is InChI=1S/C26H28N2O/c29-25(27-18-20-7-2-1-3-8-20)24-17-26(24)13-15-28(16-14-26)19-22-11-6-10-21-9-4-5-12-23(21)22/h1-12,24H,13-19H2,(H,27,29)/t24-/m0/s1. The van der Waals surface area contributed by atoms with Crippen LogP contribution in [0.3, 0.4) is 0 Å². The summed E-state index contributed by atoms with van der Waals surface area (Å²) < 4.78 is 0. The van der Waals surface area contributed by atoms with E-state index in [2.05, 4.69) is 64.8 Å². The number of carbonyl (C=O) groups excluding carboxylic acids is 1. The van der Waals surface area contributed by atoms with Crippen LogP contribution < -0.4 is 5.32 Å². The van der Waals surface area contributed by atoms with E-state index in [0.717, 1.165) is 38.9 Å². The molecular formula is C26H28N2O. The molecule has 148 valence electrons. The Morgan fingerprint density at radius 1 is 0.931 bits per heavy atom. The summed E-state index contributed by atoms with van der Waals surface area (Å²) in [5.41, 5.74) is 2.84. The fourth-order valence-corrected chi connectivity index (χ4v) is 5.01. The van der Waals surface area contributed by atoms with Crippen molar-refractivity contribution in [1.82, 2.24) is 10.2 Å². The largest absolute Gasteiger partial charge is 0.352 e. The van der Waals surface area contributed by atoms with Gasteiger partial charge in [0, 0.05) is 19.0 Å². The van der Waals surface area contributed by atoms with Gasteiger partial charge in [-0.05, 0) is 59.7 Å². The van der Waals surface area contributed by atoms with Crippen LogP contribution in [-0.4, -0.2) is 23.9 Å². The lowest BCUT2D eigenvalue weighted by atomic mass is 9.90. The van der Waals surface area contributed by atoms with Crippen molar-refractivity contribution in [2.24, 2.45) is 11.3 Å². The monoisotopic (exact) mass is 384 g/mol. The van der Waals surface area contributed by atoms with Crippen LogP contribution in [0.5, 0.6) is 0 Å². The van der Waals surface area contributed by atoms with Crippen molar-refractivity contribution in [2.75, 3.05) is 13.1 Å². The zero-order chi connectivity index (χ0) is 19.7. The molecule has 3 nitrogen and oxygen atoms in total. The van der Waals surface area contributed by atoms with Crippen LogP contribution in [0.1, 0.15) is 30.4 Å². The Hall–Kier alpha value is -2.65. The zero-order valence-electron chi connectivity index (χ0n) is 16.8. The topological polar surface area (TPSA) is 32.3 Å². The highest BCUT2D eigenvalue weighted by Gasteiger charge is 2.58. The average molecular weight is 385 g/mol. The molecule has 3 heteroatoms. The molecule has 1 spiro atoms. The second-order valence-electron chi connectivity index (χ2n) is 8.74. The highest BCUT2D eigenvalue weighted by Crippen LogP contribution is 2.59. The van der Waals surface area contributed by atoms with Gasteiger partial charge in [0.15, 0.2) is 0 Å². The third-order valence-electron chi connectivity index (χ3n) is 6.94. The molecule has 2 aliphatic rings. The third-order valence-corrected chi connectivity index (χ3v) is 6.94. The SMILES string of the molecule is O=C(NCc1ccccc1)[C@@H]1CC12CCN(Cc1cccc3ccccc13)CC2. The maximum absolute atomic E-state index is 12.6. The van der Waals surface area contributed by atoms with Gasteiger partial charge in [-0.15, -0.1) is 0 Å². The molecule has 29 heavy (non-hydrogen) atoms. The van der Waals surface area contributed by atoms with Gasteiger partial charge in [0.1, 0.15) is 0 Å². The van der Waals surface area contributed by atoms with Gasteiger partial charge < -0.3 is 5.32 Å². The van der Waals surface area contributed by atoms with Gasteiger partial charge in [0.25, 0.3) is 0 Å². The van der Waals surface area contributed by atoms with Crippen LogP contribution in [0.2, 0.25) is 0 Å². The van der Waals surface area contributed by atoms with Crippen LogP contribution in [0.25, 0.3) is 10.8 Å². The fourth-order valence-electron chi connectivity index (χ4n) is 5.01. The van der Waals surface area contributed by atoms with Gasteiger partial charge >= 0.3 is 0 Å². The van der Waals surface area contributed by atoms with Crippen LogP contribution in [0.15, 0.2) is 72.8 Å². The number of benzene rings is 3. The summed E-state index contributed by atoms with van der Waals surface area (Å²) in [6, 6.07) is 25.4. The molecule has 5 rings (SSSR count). The molecule has 0 aromatic heterocycles. The van der Waals surface area contributed by atoms with Crippen molar-refractivity contribution < 1.29 is 4.79 Å². The molecule has 3 aromatic rings. The highest BCUT2D eigenvalue weighted by atomic mass is 16.2. The second-order valence-corrected chi connectivity index (χ2v) is 8.74.